The SMILES string of the molecule is CSC1(CNc2ccc(C(N)=O)nn2)CCCCC1. The Morgan fingerprint density at radius 1 is 1.37 bits per heavy atom. The van der Waals surface area contributed by atoms with E-state index in [1.807, 2.05) is 11.8 Å². The van der Waals surface area contributed by atoms with E-state index in [1.54, 1.807) is 12.1 Å². The monoisotopic (exact) mass is 280 g/mol. The second-order valence-corrected chi connectivity index (χ2v) is 6.24. The van der Waals surface area contributed by atoms with E-state index in [9.17, 15) is 4.79 Å². The molecule has 2 rings (SSSR count). The summed E-state index contributed by atoms with van der Waals surface area (Å²) >= 11 is 1.94. The molecule has 1 aliphatic carbocycles. The first kappa shape index (κ1) is 14.1. The van der Waals surface area contributed by atoms with E-state index in [-0.39, 0.29) is 5.69 Å². The van der Waals surface area contributed by atoms with Gasteiger partial charge in [-0.1, -0.05) is 19.3 Å². The van der Waals surface area contributed by atoms with Crippen LogP contribution in [0.2, 0.25) is 0 Å². The van der Waals surface area contributed by atoms with Gasteiger partial charge in [-0.25, -0.2) is 0 Å². The van der Waals surface area contributed by atoms with Crippen LogP contribution < -0.4 is 11.1 Å². The number of hydrogen-bond acceptors (Lipinski definition) is 5. The second-order valence-electron chi connectivity index (χ2n) is 4.97. The van der Waals surface area contributed by atoms with Gasteiger partial charge >= 0.3 is 0 Å². The molecule has 1 aromatic rings. The van der Waals surface area contributed by atoms with Crippen LogP contribution in [0.3, 0.4) is 0 Å². The second kappa shape index (κ2) is 6.23. The number of aromatic nitrogens is 2. The van der Waals surface area contributed by atoms with Crippen LogP contribution in [0.25, 0.3) is 0 Å². The van der Waals surface area contributed by atoms with Gasteiger partial charge in [0.25, 0.3) is 5.91 Å². The molecule has 19 heavy (non-hydrogen) atoms. The van der Waals surface area contributed by atoms with Crippen LogP contribution in [0.4, 0.5) is 5.82 Å². The Bertz CT molecular complexity index is 429. The summed E-state index contributed by atoms with van der Waals surface area (Å²) in [6.07, 6.45) is 8.61. The number of carbonyl (C=O) groups excluding carboxylic acids is 1. The summed E-state index contributed by atoms with van der Waals surface area (Å²) in [6, 6.07) is 3.36. The number of nitrogens with zero attached hydrogens (tertiary/aromatic N) is 2. The summed E-state index contributed by atoms with van der Waals surface area (Å²) in [4.78, 5) is 10.9. The highest BCUT2D eigenvalue weighted by atomic mass is 32.2. The minimum absolute atomic E-state index is 0.197. The number of carbonyl (C=O) groups is 1. The molecule has 0 aromatic carbocycles. The first-order chi connectivity index (χ1) is 9.15. The fourth-order valence-corrected chi connectivity index (χ4v) is 3.37. The maximum absolute atomic E-state index is 10.9. The maximum atomic E-state index is 10.9. The topological polar surface area (TPSA) is 80.9 Å². The molecule has 1 amide bonds. The summed E-state index contributed by atoms with van der Waals surface area (Å²) in [5.41, 5.74) is 5.33. The molecule has 3 N–H and O–H groups in total. The number of nitrogens with one attached hydrogen (secondary N) is 1. The number of thioether (sulfide) groups is 1. The molecular weight excluding hydrogens is 260 g/mol. The Labute approximate surface area is 117 Å². The molecule has 0 spiro atoms. The molecule has 0 aliphatic heterocycles. The number of anilines is 1. The van der Waals surface area contributed by atoms with Crippen LogP contribution in [-0.4, -0.2) is 33.7 Å². The van der Waals surface area contributed by atoms with Gasteiger partial charge in [0.1, 0.15) is 5.82 Å². The Kier molecular flexibility index (Phi) is 4.63. The zero-order valence-electron chi connectivity index (χ0n) is 11.2. The lowest BCUT2D eigenvalue weighted by Gasteiger charge is -2.35. The Hall–Kier alpha value is -1.30. The number of primary amides is 1. The predicted molar refractivity (Wildman–Crippen MR) is 78.4 cm³/mol. The largest absolute Gasteiger partial charge is 0.367 e. The average Bonchev–Trinajstić information content (AvgIpc) is 2.46. The summed E-state index contributed by atoms with van der Waals surface area (Å²) in [5.74, 6) is 0.149. The molecule has 1 aliphatic rings. The van der Waals surface area contributed by atoms with E-state index < -0.39 is 5.91 Å². The van der Waals surface area contributed by atoms with Crippen LogP contribution in [0, 0.1) is 0 Å². The zero-order valence-corrected chi connectivity index (χ0v) is 12.0. The van der Waals surface area contributed by atoms with Gasteiger partial charge in [0.2, 0.25) is 0 Å². The van der Waals surface area contributed by atoms with Crippen molar-refractivity contribution in [1.29, 1.82) is 0 Å². The van der Waals surface area contributed by atoms with Crippen LogP contribution in [0.15, 0.2) is 12.1 Å². The highest BCUT2D eigenvalue weighted by molar-refractivity contribution is 8.00. The smallest absolute Gasteiger partial charge is 0.269 e. The van der Waals surface area contributed by atoms with Crippen molar-refractivity contribution in [2.24, 2.45) is 5.73 Å². The van der Waals surface area contributed by atoms with Gasteiger partial charge < -0.3 is 11.1 Å². The third-order valence-electron chi connectivity index (χ3n) is 3.71. The molecule has 1 heterocycles. The predicted octanol–water partition coefficient (Wildman–Crippen LogP) is 2.05. The molecule has 1 saturated carbocycles. The van der Waals surface area contributed by atoms with Crippen LogP contribution >= 0.6 is 11.8 Å². The first-order valence-corrected chi connectivity index (χ1v) is 7.80. The van der Waals surface area contributed by atoms with Crippen molar-refractivity contribution in [3.05, 3.63) is 17.8 Å². The van der Waals surface area contributed by atoms with Gasteiger partial charge in [0.15, 0.2) is 5.69 Å². The molecule has 104 valence electrons. The molecule has 1 fully saturated rings. The molecule has 0 radical (unpaired) electrons. The highest BCUT2D eigenvalue weighted by Gasteiger charge is 2.30. The van der Waals surface area contributed by atoms with Gasteiger partial charge in [-0.15, -0.1) is 10.2 Å². The zero-order chi connectivity index (χ0) is 13.7. The van der Waals surface area contributed by atoms with Gasteiger partial charge in [-0.05, 0) is 31.2 Å². The van der Waals surface area contributed by atoms with Gasteiger partial charge in [-0.2, -0.15) is 11.8 Å². The number of rotatable bonds is 5. The molecular formula is C13H20N4OS. The summed E-state index contributed by atoms with van der Waals surface area (Å²) < 4.78 is 0.308. The number of hydrogen-bond donors (Lipinski definition) is 2. The summed E-state index contributed by atoms with van der Waals surface area (Å²) in [7, 11) is 0. The van der Waals surface area contributed by atoms with Crippen molar-refractivity contribution in [3.63, 3.8) is 0 Å². The van der Waals surface area contributed by atoms with E-state index >= 15 is 0 Å². The molecule has 6 heteroatoms. The van der Waals surface area contributed by atoms with Crippen molar-refractivity contribution in [2.45, 2.75) is 36.9 Å². The van der Waals surface area contributed by atoms with E-state index in [2.05, 4.69) is 21.8 Å². The van der Waals surface area contributed by atoms with Crippen molar-refractivity contribution in [3.8, 4) is 0 Å². The van der Waals surface area contributed by atoms with Gasteiger partial charge in [0, 0.05) is 11.3 Å². The quantitative estimate of drug-likeness (QED) is 0.862. The first-order valence-electron chi connectivity index (χ1n) is 6.58. The summed E-state index contributed by atoms with van der Waals surface area (Å²) in [6.45, 7) is 0.888. The molecule has 0 unspecified atom stereocenters. The number of nitrogens with two attached hydrogens (primary N) is 1. The van der Waals surface area contributed by atoms with Crippen molar-refractivity contribution >= 4 is 23.5 Å². The lowest BCUT2D eigenvalue weighted by molar-refractivity contribution is 0.0994. The van der Waals surface area contributed by atoms with Crippen molar-refractivity contribution < 1.29 is 4.79 Å². The number of amides is 1. The normalized spacial score (nSPS) is 17.9. The molecule has 5 nitrogen and oxygen atoms in total. The van der Waals surface area contributed by atoms with Crippen LogP contribution in [0.1, 0.15) is 42.6 Å². The van der Waals surface area contributed by atoms with Crippen LogP contribution in [0.5, 0.6) is 0 Å². The van der Waals surface area contributed by atoms with Crippen molar-refractivity contribution in [1.82, 2.24) is 10.2 Å². The lowest BCUT2D eigenvalue weighted by atomic mass is 9.88. The molecule has 0 atom stereocenters. The minimum Gasteiger partial charge on any atom is -0.367 e. The van der Waals surface area contributed by atoms with E-state index in [0.29, 0.717) is 10.6 Å². The standard InChI is InChI=1S/C13H20N4OS/c1-19-13(7-3-2-4-8-13)9-15-11-6-5-10(12(14)18)16-17-11/h5-6H,2-4,7-9H2,1H3,(H2,14,18)(H,15,17). The van der Waals surface area contributed by atoms with Gasteiger partial charge in [-0.3, -0.25) is 4.79 Å². The summed E-state index contributed by atoms with van der Waals surface area (Å²) in [5, 5.41) is 11.1. The van der Waals surface area contributed by atoms with E-state index in [4.69, 9.17) is 5.73 Å². The van der Waals surface area contributed by atoms with Crippen molar-refractivity contribution in [2.75, 3.05) is 18.1 Å². The van der Waals surface area contributed by atoms with E-state index in [1.165, 1.54) is 32.1 Å². The van der Waals surface area contributed by atoms with Gasteiger partial charge in [0.05, 0.1) is 0 Å². The average molecular weight is 280 g/mol. The Morgan fingerprint density at radius 2 is 2.11 bits per heavy atom. The Morgan fingerprint density at radius 3 is 2.63 bits per heavy atom. The van der Waals surface area contributed by atoms with E-state index in [0.717, 1.165) is 6.54 Å². The Balaban J connectivity index is 1.95. The molecule has 0 saturated heterocycles. The lowest BCUT2D eigenvalue weighted by Crippen LogP contribution is -2.35. The third-order valence-corrected chi connectivity index (χ3v) is 5.13. The third kappa shape index (κ3) is 3.59. The fourth-order valence-electron chi connectivity index (χ4n) is 2.46. The highest BCUT2D eigenvalue weighted by Crippen LogP contribution is 2.38. The maximum Gasteiger partial charge on any atom is 0.269 e. The van der Waals surface area contributed by atoms with Crippen LogP contribution in [-0.2, 0) is 0 Å². The molecule has 1 aromatic heterocycles. The minimum atomic E-state index is -0.549. The molecule has 0 bridgehead atoms. The fraction of sp³-hybridized carbons (Fsp3) is 0.615.